The van der Waals surface area contributed by atoms with Crippen molar-refractivity contribution in [3.8, 4) is 0 Å². The zero-order valence-corrected chi connectivity index (χ0v) is 11.9. The Morgan fingerprint density at radius 1 is 1.24 bits per heavy atom. The molecule has 0 saturated carbocycles. The molecule has 1 heterocycles. The number of hydrogen-bond donors (Lipinski definition) is 4. The molecule has 2 aromatic rings. The summed E-state index contributed by atoms with van der Waals surface area (Å²) in [7, 11) is 0. The number of aromatic nitrogens is 2. The molecule has 0 bridgehead atoms. The molecule has 5 N–H and O–H groups in total. The Kier molecular flexibility index (Phi) is 4.23. The van der Waals surface area contributed by atoms with E-state index < -0.39 is 17.2 Å². The van der Waals surface area contributed by atoms with Crippen LogP contribution in [0.3, 0.4) is 0 Å². The Labute approximate surface area is 120 Å². The first-order chi connectivity index (χ1) is 9.92. The van der Waals surface area contributed by atoms with Crippen molar-refractivity contribution >= 4 is 22.6 Å². The summed E-state index contributed by atoms with van der Waals surface area (Å²) < 4.78 is 0. The Bertz CT molecular complexity index is 778. The van der Waals surface area contributed by atoms with Crippen LogP contribution in [-0.2, 0) is 4.79 Å². The maximum atomic E-state index is 12.0. The minimum atomic E-state index is -0.734. The average molecular weight is 290 g/mol. The second-order valence-electron chi connectivity index (χ2n) is 5.07. The molecule has 0 aliphatic carbocycles. The van der Waals surface area contributed by atoms with Crippen LogP contribution < -0.4 is 22.2 Å². The molecule has 7 nitrogen and oxygen atoms in total. The van der Waals surface area contributed by atoms with Crippen LogP contribution in [0.15, 0.2) is 27.8 Å². The average Bonchev–Trinajstić information content (AvgIpc) is 2.47. The largest absolute Gasteiger partial charge is 0.325 e. The smallest absolute Gasteiger partial charge is 0.314 e. The first-order valence-corrected chi connectivity index (χ1v) is 6.75. The molecular weight excluding hydrogens is 272 g/mol. The molecule has 0 spiro atoms. The highest BCUT2D eigenvalue weighted by atomic mass is 16.2. The number of nitrogens with two attached hydrogens (primary N) is 1. The predicted octanol–water partition coefficient (Wildman–Crippen LogP) is 0.528. The van der Waals surface area contributed by atoms with Crippen LogP contribution in [0.25, 0.3) is 11.0 Å². The van der Waals surface area contributed by atoms with Gasteiger partial charge in [-0.15, -0.1) is 0 Å². The highest BCUT2D eigenvalue weighted by molar-refractivity contribution is 5.96. The summed E-state index contributed by atoms with van der Waals surface area (Å²) in [6, 6.07) is 4.23. The van der Waals surface area contributed by atoms with E-state index in [0.29, 0.717) is 16.7 Å². The van der Waals surface area contributed by atoms with Crippen LogP contribution in [0.1, 0.15) is 20.3 Å². The minimum Gasteiger partial charge on any atom is -0.325 e. The first-order valence-electron chi connectivity index (χ1n) is 6.75. The van der Waals surface area contributed by atoms with E-state index in [9.17, 15) is 14.4 Å². The highest BCUT2D eigenvalue weighted by Gasteiger charge is 2.19. The third-order valence-electron chi connectivity index (χ3n) is 3.55. The highest BCUT2D eigenvalue weighted by Crippen LogP contribution is 2.15. The van der Waals surface area contributed by atoms with Crippen molar-refractivity contribution in [1.82, 2.24) is 9.97 Å². The van der Waals surface area contributed by atoms with Crippen LogP contribution in [0.4, 0.5) is 5.69 Å². The molecule has 1 aromatic heterocycles. The topological polar surface area (TPSA) is 121 Å². The number of carbonyl (C=O) groups is 1. The zero-order valence-electron chi connectivity index (χ0n) is 11.9. The van der Waals surface area contributed by atoms with Crippen molar-refractivity contribution in [2.45, 2.75) is 26.3 Å². The van der Waals surface area contributed by atoms with Crippen molar-refractivity contribution in [2.75, 3.05) is 5.32 Å². The molecule has 0 saturated heterocycles. The number of carbonyl (C=O) groups excluding carboxylic acids is 1. The van der Waals surface area contributed by atoms with E-state index in [-0.39, 0.29) is 11.8 Å². The van der Waals surface area contributed by atoms with Gasteiger partial charge in [0.15, 0.2) is 0 Å². The summed E-state index contributed by atoms with van der Waals surface area (Å²) in [6.45, 7) is 3.88. The van der Waals surface area contributed by atoms with Gasteiger partial charge < -0.3 is 21.0 Å². The standard InChI is InChI=1S/C14H18N4O3/c1-3-7(2)11(15)12(19)16-8-4-5-9-10(6-8)18-14(21)13(20)17-9/h4-7,11H,3,15H2,1-2H3,(H,16,19)(H,17,20)(H,18,21). The molecule has 1 amide bonds. The summed E-state index contributed by atoms with van der Waals surface area (Å²) in [5.74, 6) is -0.211. The van der Waals surface area contributed by atoms with Gasteiger partial charge in [-0.1, -0.05) is 20.3 Å². The van der Waals surface area contributed by atoms with Gasteiger partial charge in [0.25, 0.3) is 0 Å². The third kappa shape index (κ3) is 3.19. The molecule has 0 radical (unpaired) electrons. The summed E-state index contributed by atoms with van der Waals surface area (Å²) in [6.07, 6.45) is 0.806. The van der Waals surface area contributed by atoms with Crippen molar-refractivity contribution in [2.24, 2.45) is 11.7 Å². The van der Waals surface area contributed by atoms with Gasteiger partial charge >= 0.3 is 11.1 Å². The first kappa shape index (κ1) is 15.0. The van der Waals surface area contributed by atoms with Crippen molar-refractivity contribution in [3.05, 3.63) is 38.9 Å². The molecule has 0 aliphatic rings. The maximum Gasteiger partial charge on any atom is 0.314 e. The molecule has 2 rings (SSSR count). The number of aromatic amines is 2. The van der Waals surface area contributed by atoms with Gasteiger partial charge in [0.2, 0.25) is 5.91 Å². The second kappa shape index (κ2) is 5.92. The third-order valence-corrected chi connectivity index (χ3v) is 3.55. The van der Waals surface area contributed by atoms with Gasteiger partial charge in [0, 0.05) is 5.69 Å². The number of rotatable bonds is 4. The molecule has 2 unspecified atom stereocenters. The molecule has 2 atom stereocenters. The number of anilines is 1. The normalized spacial score (nSPS) is 13.9. The molecule has 21 heavy (non-hydrogen) atoms. The van der Waals surface area contributed by atoms with Gasteiger partial charge in [-0.25, -0.2) is 0 Å². The Morgan fingerprint density at radius 2 is 1.86 bits per heavy atom. The number of H-pyrrole nitrogens is 2. The van der Waals surface area contributed by atoms with E-state index in [1.807, 2.05) is 13.8 Å². The van der Waals surface area contributed by atoms with E-state index in [4.69, 9.17) is 5.73 Å². The van der Waals surface area contributed by atoms with E-state index in [1.165, 1.54) is 0 Å². The lowest BCUT2D eigenvalue weighted by atomic mass is 9.99. The lowest BCUT2D eigenvalue weighted by molar-refractivity contribution is -0.118. The van der Waals surface area contributed by atoms with Crippen LogP contribution in [0, 0.1) is 5.92 Å². The van der Waals surface area contributed by atoms with Crippen LogP contribution in [0.2, 0.25) is 0 Å². The SMILES string of the molecule is CCC(C)C(N)C(=O)Nc1ccc2[nH]c(=O)c(=O)[nH]c2c1. The van der Waals surface area contributed by atoms with Gasteiger partial charge in [0.05, 0.1) is 17.1 Å². The fourth-order valence-electron chi connectivity index (χ4n) is 1.93. The Balaban J connectivity index is 2.27. The maximum absolute atomic E-state index is 12.0. The van der Waals surface area contributed by atoms with Crippen LogP contribution in [-0.4, -0.2) is 21.9 Å². The lowest BCUT2D eigenvalue weighted by Crippen LogP contribution is -2.40. The fraction of sp³-hybridized carbons (Fsp3) is 0.357. The second-order valence-corrected chi connectivity index (χ2v) is 5.07. The van der Waals surface area contributed by atoms with Crippen molar-refractivity contribution in [1.29, 1.82) is 0 Å². The van der Waals surface area contributed by atoms with Gasteiger partial charge in [0.1, 0.15) is 0 Å². The van der Waals surface area contributed by atoms with Crippen molar-refractivity contribution < 1.29 is 4.79 Å². The summed E-state index contributed by atoms with van der Waals surface area (Å²) in [5, 5.41) is 2.71. The number of hydrogen-bond acceptors (Lipinski definition) is 4. The summed E-state index contributed by atoms with van der Waals surface area (Å²) >= 11 is 0. The minimum absolute atomic E-state index is 0.0709. The fourth-order valence-corrected chi connectivity index (χ4v) is 1.93. The van der Waals surface area contributed by atoms with E-state index in [2.05, 4.69) is 15.3 Å². The number of amides is 1. The van der Waals surface area contributed by atoms with Crippen LogP contribution >= 0.6 is 0 Å². The number of benzene rings is 1. The quantitative estimate of drug-likeness (QED) is 0.614. The molecule has 1 aromatic carbocycles. The van der Waals surface area contributed by atoms with E-state index in [0.717, 1.165) is 6.42 Å². The summed E-state index contributed by atoms with van der Waals surface area (Å²) in [5.41, 5.74) is 5.85. The lowest BCUT2D eigenvalue weighted by Gasteiger charge is -2.17. The summed E-state index contributed by atoms with van der Waals surface area (Å²) in [4.78, 5) is 39.4. The molecule has 0 fully saturated rings. The van der Waals surface area contributed by atoms with E-state index in [1.54, 1.807) is 18.2 Å². The van der Waals surface area contributed by atoms with Gasteiger partial charge in [-0.3, -0.25) is 14.4 Å². The van der Waals surface area contributed by atoms with E-state index >= 15 is 0 Å². The monoisotopic (exact) mass is 290 g/mol. The predicted molar refractivity (Wildman–Crippen MR) is 81.2 cm³/mol. The van der Waals surface area contributed by atoms with Gasteiger partial charge in [-0.05, 0) is 24.1 Å². The zero-order chi connectivity index (χ0) is 15.6. The molecular formula is C14H18N4O3. The number of fused-ring (bicyclic) bond motifs is 1. The molecule has 7 heteroatoms. The van der Waals surface area contributed by atoms with Crippen molar-refractivity contribution in [3.63, 3.8) is 0 Å². The Morgan fingerprint density at radius 3 is 2.48 bits per heavy atom. The molecule has 0 aliphatic heterocycles. The van der Waals surface area contributed by atoms with Gasteiger partial charge in [-0.2, -0.15) is 0 Å². The number of nitrogens with one attached hydrogen (secondary N) is 3. The Hall–Kier alpha value is -2.41. The molecule has 112 valence electrons. The van der Waals surface area contributed by atoms with Crippen LogP contribution in [0.5, 0.6) is 0 Å².